The molecule has 7 N–H and O–H groups in total. The van der Waals surface area contributed by atoms with E-state index < -0.39 is 24.6 Å². The Labute approximate surface area is 138 Å². The quantitative estimate of drug-likeness (QED) is 0.410. The largest absolute Gasteiger partial charge is 0.394 e. The van der Waals surface area contributed by atoms with Gasteiger partial charge >= 0.3 is 0 Å². The molecule has 1 aromatic heterocycles. The lowest BCUT2D eigenvalue weighted by molar-refractivity contribution is -0.131. The Kier molecular flexibility index (Phi) is 4.52. The maximum atomic E-state index is 12.3. The lowest BCUT2D eigenvalue weighted by Gasteiger charge is -2.28. The van der Waals surface area contributed by atoms with Crippen molar-refractivity contribution in [2.45, 2.75) is 31.5 Å². The van der Waals surface area contributed by atoms with E-state index in [1.54, 1.807) is 0 Å². The Bertz CT molecular complexity index is 772. The fourth-order valence-corrected chi connectivity index (χ4v) is 3.01. The van der Waals surface area contributed by atoms with Gasteiger partial charge in [0.05, 0.1) is 12.6 Å². The van der Waals surface area contributed by atoms with Gasteiger partial charge in [0.1, 0.15) is 6.04 Å². The summed E-state index contributed by atoms with van der Waals surface area (Å²) in [6, 6.07) is 6.40. The molecule has 1 aliphatic rings. The Hall–Kier alpha value is -2.42. The van der Waals surface area contributed by atoms with Crippen LogP contribution in [0, 0.1) is 0 Å². The average molecular weight is 331 g/mol. The molecule has 0 aliphatic carbocycles. The van der Waals surface area contributed by atoms with Gasteiger partial charge in [0.2, 0.25) is 0 Å². The molecular weight excluding hydrogens is 310 g/mol. The van der Waals surface area contributed by atoms with E-state index in [-0.39, 0.29) is 11.9 Å². The smallest absolute Gasteiger partial charge is 0.257 e. The van der Waals surface area contributed by atoms with Crippen LogP contribution in [0.25, 0.3) is 10.9 Å². The standard InChI is InChI=1S/C16H21N5O3/c1-8-14-10(9-4-2-3-5-12(9)19-14)6-13(18-8)16(24)21-20-15(23)11(17)7-22/h2-5,8,11,13,18-19,22H,6-7,17H2,1H3,(H,20,23)(H,21,24)/t8-,11+,13-/m0/s1. The van der Waals surface area contributed by atoms with Gasteiger partial charge < -0.3 is 15.8 Å². The van der Waals surface area contributed by atoms with Crippen molar-refractivity contribution in [1.29, 1.82) is 0 Å². The number of para-hydroxylation sites is 1. The van der Waals surface area contributed by atoms with Crippen LogP contribution in [-0.2, 0) is 16.0 Å². The molecule has 128 valence electrons. The number of fused-ring (bicyclic) bond motifs is 3. The van der Waals surface area contributed by atoms with Crippen LogP contribution < -0.4 is 21.9 Å². The number of nitrogens with two attached hydrogens (primary N) is 1. The normalized spacial score (nSPS) is 21.1. The molecule has 1 aromatic carbocycles. The van der Waals surface area contributed by atoms with E-state index >= 15 is 0 Å². The van der Waals surface area contributed by atoms with Crippen LogP contribution in [0.4, 0.5) is 0 Å². The van der Waals surface area contributed by atoms with Gasteiger partial charge in [-0.15, -0.1) is 0 Å². The number of aliphatic hydroxyl groups excluding tert-OH is 1. The van der Waals surface area contributed by atoms with Crippen molar-refractivity contribution in [2.24, 2.45) is 5.73 Å². The van der Waals surface area contributed by atoms with E-state index in [0.717, 1.165) is 22.2 Å². The van der Waals surface area contributed by atoms with Crippen molar-refractivity contribution in [3.63, 3.8) is 0 Å². The number of nitrogens with one attached hydrogen (secondary N) is 4. The van der Waals surface area contributed by atoms with E-state index in [0.29, 0.717) is 6.42 Å². The first-order valence-corrected chi connectivity index (χ1v) is 7.83. The summed E-state index contributed by atoms with van der Waals surface area (Å²) in [7, 11) is 0. The van der Waals surface area contributed by atoms with Crippen molar-refractivity contribution in [1.82, 2.24) is 21.2 Å². The van der Waals surface area contributed by atoms with Gasteiger partial charge in [0, 0.05) is 22.6 Å². The fourth-order valence-electron chi connectivity index (χ4n) is 3.01. The fraction of sp³-hybridized carbons (Fsp3) is 0.375. The third-order valence-corrected chi connectivity index (χ3v) is 4.30. The van der Waals surface area contributed by atoms with Gasteiger partial charge in [0.15, 0.2) is 0 Å². The molecule has 0 spiro atoms. The number of benzene rings is 1. The van der Waals surface area contributed by atoms with Crippen LogP contribution in [0.5, 0.6) is 0 Å². The third-order valence-electron chi connectivity index (χ3n) is 4.30. The summed E-state index contributed by atoms with van der Waals surface area (Å²) < 4.78 is 0. The second-order valence-electron chi connectivity index (χ2n) is 5.98. The first-order valence-electron chi connectivity index (χ1n) is 7.83. The number of rotatable bonds is 3. The van der Waals surface area contributed by atoms with Crippen molar-refractivity contribution in [2.75, 3.05) is 6.61 Å². The summed E-state index contributed by atoms with van der Waals surface area (Å²) >= 11 is 0. The van der Waals surface area contributed by atoms with Crippen molar-refractivity contribution in [3.8, 4) is 0 Å². The molecule has 0 unspecified atom stereocenters. The molecule has 1 aliphatic heterocycles. The first kappa shape index (κ1) is 16.4. The van der Waals surface area contributed by atoms with Gasteiger partial charge in [-0.25, -0.2) is 0 Å². The van der Waals surface area contributed by atoms with Gasteiger partial charge in [-0.1, -0.05) is 18.2 Å². The number of carbonyl (C=O) groups is 2. The zero-order valence-corrected chi connectivity index (χ0v) is 13.3. The molecule has 2 amide bonds. The highest BCUT2D eigenvalue weighted by Crippen LogP contribution is 2.31. The first-order chi connectivity index (χ1) is 11.5. The number of H-pyrrole nitrogens is 1. The van der Waals surface area contributed by atoms with Gasteiger partial charge in [-0.2, -0.15) is 0 Å². The minimum atomic E-state index is -1.07. The molecule has 0 bridgehead atoms. The molecule has 0 saturated heterocycles. The molecule has 8 heteroatoms. The lowest BCUT2D eigenvalue weighted by Crippen LogP contribution is -2.56. The number of aromatic amines is 1. The van der Waals surface area contributed by atoms with Gasteiger partial charge in [0.25, 0.3) is 11.8 Å². The Balaban J connectivity index is 1.73. The highest BCUT2D eigenvalue weighted by molar-refractivity contribution is 5.90. The predicted octanol–water partition coefficient (Wildman–Crippen LogP) is -0.790. The van der Waals surface area contributed by atoms with Gasteiger partial charge in [-0.3, -0.25) is 25.8 Å². The molecule has 2 aromatic rings. The molecule has 8 nitrogen and oxygen atoms in total. The minimum absolute atomic E-state index is 0.0210. The Morgan fingerprint density at radius 2 is 2.12 bits per heavy atom. The topological polar surface area (TPSA) is 132 Å². The van der Waals surface area contributed by atoms with Crippen LogP contribution in [0.2, 0.25) is 0 Å². The number of hydrogen-bond acceptors (Lipinski definition) is 5. The van der Waals surface area contributed by atoms with Crippen molar-refractivity contribution >= 4 is 22.7 Å². The summed E-state index contributed by atoms with van der Waals surface area (Å²) in [6.45, 7) is 1.49. The van der Waals surface area contributed by atoms with Crippen LogP contribution in [-0.4, -0.2) is 40.6 Å². The molecule has 0 fully saturated rings. The summed E-state index contributed by atoms with van der Waals surface area (Å²) in [5.74, 6) is -0.987. The zero-order valence-electron chi connectivity index (χ0n) is 13.3. The minimum Gasteiger partial charge on any atom is -0.394 e. The highest BCUT2D eigenvalue weighted by atomic mass is 16.3. The van der Waals surface area contributed by atoms with E-state index in [9.17, 15) is 9.59 Å². The molecule has 0 saturated carbocycles. The second kappa shape index (κ2) is 6.60. The molecular formula is C16H21N5O3. The maximum Gasteiger partial charge on any atom is 0.257 e. The number of amides is 2. The van der Waals surface area contributed by atoms with Crippen LogP contribution >= 0.6 is 0 Å². The van der Waals surface area contributed by atoms with E-state index in [4.69, 9.17) is 10.8 Å². The van der Waals surface area contributed by atoms with Crippen LogP contribution in [0.15, 0.2) is 24.3 Å². The third kappa shape index (κ3) is 2.99. The predicted molar refractivity (Wildman–Crippen MR) is 88.7 cm³/mol. The van der Waals surface area contributed by atoms with E-state index in [2.05, 4.69) is 21.2 Å². The molecule has 3 rings (SSSR count). The summed E-state index contributed by atoms with van der Waals surface area (Å²) in [5, 5.41) is 13.2. The average Bonchev–Trinajstić information content (AvgIpc) is 2.98. The van der Waals surface area contributed by atoms with Gasteiger partial charge in [-0.05, 0) is 25.0 Å². The summed E-state index contributed by atoms with van der Waals surface area (Å²) in [6.07, 6.45) is 0.511. The Morgan fingerprint density at radius 3 is 2.88 bits per heavy atom. The SMILES string of the molecule is C[C@@H]1N[C@H](C(=O)NNC(=O)[C@H](N)CO)Cc2c1[nH]c1ccccc21. The van der Waals surface area contributed by atoms with Crippen molar-refractivity contribution < 1.29 is 14.7 Å². The summed E-state index contributed by atoms with van der Waals surface area (Å²) in [5.41, 5.74) is 13.2. The van der Waals surface area contributed by atoms with Crippen LogP contribution in [0.1, 0.15) is 24.2 Å². The molecule has 2 heterocycles. The number of aromatic nitrogens is 1. The number of aliphatic hydroxyl groups is 1. The van der Waals surface area contributed by atoms with E-state index in [1.165, 1.54) is 0 Å². The van der Waals surface area contributed by atoms with E-state index in [1.807, 2.05) is 31.2 Å². The highest BCUT2D eigenvalue weighted by Gasteiger charge is 2.31. The number of carbonyl (C=O) groups excluding carboxylic acids is 2. The molecule has 0 radical (unpaired) electrons. The molecule has 3 atom stereocenters. The number of hydrogen-bond donors (Lipinski definition) is 6. The van der Waals surface area contributed by atoms with Crippen molar-refractivity contribution in [3.05, 3.63) is 35.5 Å². The van der Waals surface area contributed by atoms with Crippen LogP contribution in [0.3, 0.4) is 0 Å². The Morgan fingerprint density at radius 1 is 1.38 bits per heavy atom. The summed E-state index contributed by atoms with van der Waals surface area (Å²) in [4.78, 5) is 27.2. The zero-order chi connectivity index (χ0) is 17.3. The lowest BCUT2D eigenvalue weighted by atomic mass is 9.94. The molecule has 24 heavy (non-hydrogen) atoms. The number of hydrazine groups is 1. The monoisotopic (exact) mass is 331 g/mol. The maximum absolute atomic E-state index is 12.3. The second-order valence-corrected chi connectivity index (χ2v) is 5.98.